The van der Waals surface area contributed by atoms with Crippen LogP contribution in [0.1, 0.15) is 22.8 Å². The summed E-state index contributed by atoms with van der Waals surface area (Å²) in [6, 6.07) is 7.84. The number of amides is 1. The summed E-state index contributed by atoms with van der Waals surface area (Å²) in [5.74, 6) is -0.759. The van der Waals surface area contributed by atoms with Crippen LogP contribution in [0.15, 0.2) is 36.4 Å². The van der Waals surface area contributed by atoms with Gasteiger partial charge in [-0.3, -0.25) is 9.59 Å². The molecular formula is C20H15Cl2NO6. The van der Waals surface area contributed by atoms with Crippen molar-refractivity contribution >= 4 is 52.6 Å². The first-order valence-corrected chi connectivity index (χ1v) is 9.13. The van der Waals surface area contributed by atoms with E-state index in [1.54, 1.807) is 18.2 Å². The molecule has 0 radical (unpaired) electrons. The van der Waals surface area contributed by atoms with Crippen molar-refractivity contribution in [3.05, 3.63) is 57.6 Å². The van der Waals surface area contributed by atoms with Gasteiger partial charge in [0.1, 0.15) is 0 Å². The van der Waals surface area contributed by atoms with Crippen LogP contribution in [-0.2, 0) is 14.3 Å². The van der Waals surface area contributed by atoms with Crippen molar-refractivity contribution in [2.75, 3.05) is 18.7 Å². The lowest BCUT2D eigenvalue weighted by molar-refractivity contribution is -0.142. The van der Waals surface area contributed by atoms with Crippen molar-refractivity contribution in [1.29, 1.82) is 0 Å². The van der Waals surface area contributed by atoms with E-state index in [-0.39, 0.29) is 23.8 Å². The number of carbonyl (C=O) groups excluding carboxylic acids is 3. The third-order valence-corrected chi connectivity index (χ3v) is 4.61. The summed E-state index contributed by atoms with van der Waals surface area (Å²) in [5, 5.41) is 3.29. The van der Waals surface area contributed by atoms with Gasteiger partial charge >= 0.3 is 5.97 Å². The number of nitrogens with one attached hydrogen (secondary N) is 1. The summed E-state index contributed by atoms with van der Waals surface area (Å²) in [6.45, 7) is 0.865. The number of esters is 1. The summed E-state index contributed by atoms with van der Waals surface area (Å²) < 4.78 is 15.4. The molecule has 3 rings (SSSR count). The molecule has 1 amide bonds. The maximum atomic E-state index is 12.1. The standard InChI is InChI=1S/C20H15Cl2NO6/c1-11(24)13-7-17-18(29-10-28-17)8-16(13)23-19(25)9-27-20(26)5-3-12-2-4-14(21)15(22)6-12/h2-8H,9-10H2,1H3,(H,23,25)/b5-3+. The fourth-order valence-electron chi connectivity index (χ4n) is 2.49. The summed E-state index contributed by atoms with van der Waals surface area (Å²) in [4.78, 5) is 35.8. The first-order valence-electron chi connectivity index (χ1n) is 8.38. The third-order valence-electron chi connectivity index (χ3n) is 3.87. The van der Waals surface area contributed by atoms with E-state index >= 15 is 0 Å². The van der Waals surface area contributed by atoms with Crippen LogP contribution in [-0.4, -0.2) is 31.1 Å². The van der Waals surface area contributed by atoms with E-state index in [9.17, 15) is 14.4 Å². The van der Waals surface area contributed by atoms with Crippen molar-refractivity contribution in [1.82, 2.24) is 0 Å². The van der Waals surface area contributed by atoms with Gasteiger partial charge in [0, 0.05) is 17.7 Å². The molecule has 0 bridgehead atoms. The van der Waals surface area contributed by atoms with E-state index in [0.29, 0.717) is 27.1 Å². The fraction of sp³-hybridized carbons (Fsp3) is 0.150. The van der Waals surface area contributed by atoms with Gasteiger partial charge in [0.2, 0.25) is 6.79 Å². The highest BCUT2D eigenvalue weighted by molar-refractivity contribution is 6.42. The summed E-state index contributed by atoms with van der Waals surface area (Å²) in [7, 11) is 0. The Hall–Kier alpha value is -3.03. The lowest BCUT2D eigenvalue weighted by atomic mass is 10.1. The highest BCUT2D eigenvalue weighted by Gasteiger charge is 2.20. The van der Waals surface area contributed by atoms with Crippen LogP contribution in [0, 0.1) is 0 Å². The molecular weight excluding hydrogens is 421 g/mol. The molecule has 29 heavy (non-hydrogen) atoms. The minimum absolute atomic E-state index is 0.0346. The largest absolute Gasteiger partial charge is 0.454 e. The minimum Gasteiger partial charge on any atom is -0.454 e. The fourth-order valence-corrected chi connectivity index (χ4v) is 2.79. The molecule has 2 aromatic rings. The van der Waals surface area contributed by atoms with Crippen LogP contribution >= 0.6 is 23.2 Å². The third kappa shape index (κ3) is 5.28. The molecule has 0 unspecified atom stereocenters. The van der Waals surface area contributed by atoms with Crippen LogP contribution in [0.3, 0.4) is 0 Å². The van der Waals surface area contributed by atoms with Crippen LogP contribution in [0.2, 0.25) is 10.0 Å². The molecule has 2 aromatic carbocycles. The van der Waals surface area contributed by atoms with E-state index in [1.165, 1.54) is 25.1 Å². The second kappa shape index (κ2) is 8.98. The van der Waals surface area contributed by atoms with Crippen LogP contribution in [0.5, 0.6) is 11.5 Å². The Kier molecular flexibility index (Phi) is 6.41. The maximum absolute atomic E-state index is 12.1. The molecule has 1 heterocycles. The zero-order chi connectivity index (χ0) is 21.0. The Morgan fingerprint density at radius 1 is 1.10 bits per heavy atom. The molecule has 0 saturated carbocycles. The first kappa shape index (κ1) is 20.7. The van der Waals surface area contributed by atoms with Crippen molar-refractivity contribution < 1.29 is 28.6 Å². The van der Waals surface area contributed by atoms with Gasteiger partial charge in [-0.15, -0.1) is 0 Å². The number of hydrogen-bond acceptors (Lipinski definition) is 6. The first-order chi connectivity index (χ1) is 13.8. The smallest absolute Gasteiger partial charge is 0.331 e. The molecule has 7 nitrogen and oxygen atoms in total. The molecule has 0 atom stereocenters. The van der Waals surface area contributed by atoms with Crippen LogP contribution < -0.4 is 14.8 Å². The van der Waals surface area contributed by atoms with Gasteiger partial charge in [0.15, 0.2) is 23.9 Å². The summed E-state index contributed by atoms with van der Waals surface area (Å²) in [5.41, 5.74) is 1.15. The SMILES string of the molecule is CC(=O)c1cc2c(cc1NC(=O)COC(=O)/C=C/c1ccc(Cl)c(Cl)c1)OCO2. The molecule has 1 N–H and O–H groups in total. The molecule has 0 fully saturated rings. The minimum atomic E-state index is -0.719. The van der Waals surface area contributed by atoms with Crippen molar-refractivity contribution in [2.45, 2.75) is 6.92 Å². The maximum Gasteiger partial charge on any atom is 0.331 e. The van der Waals surface area contributed by atoms with Gasteiger partial charge in [0.25, 0.3) is 5.91 Å². The molecule has 0 aromatic heterocycles. The molecule has 9 heteroatoms. The van der Waals surface area contributed by atoms with Crippen molar-refractivity contribution in [2.24, 2.45) is 0 Å². The van der Waals surface area contributed by atoms with Gasteiger partial charge in [0.05, 0.1) is 15.7 Å². The number of ketones is 1. The lowest BCUT2D eigenvalue weighted by Crippen LogP contribution is -2.21. The lowest BCUT2D eigenvalue weighted by Gasteiger charge is -2.10. The van der Waals surface area contributed by atoms with E-state index in [4.69, 9.17) is 37.4 Å². The van der Waals surface area contributed by atoms with Gasteiger partial charge in [-0.2, -0.15) is 0 Å². The zero-order valence-corrected chi connectivity index (χ0v) is 16.7. The predicted molar refractivity (Wildman–Crippen MR) is 108 cm³/mol. The topological polar surface area (TPSA) is 90.9 Å². The Balaban J connectivity index is 1.58. The number of fused-ring (bicyclic) bond motifs is 1. The Morgan fingerprint density at radius 3 is 2.52 bits per heavy atom. The van der Waals surface area contributed by atoms with E-state index < -0.39 is 18.5 Å². The number of Topliss-reactive ketones (excluding diaryl/α,β-unsaturated/α-hetero) is 1. The highest BCUT2D eigenvalue weighted by Crippen LogP contribution is 2.37. The van der Waals surface area contributed by atoms with Gasteiger partial charge in [-0.25, -0.2) is 4.79 Å². The average molecular weight is 436 g/mol. The predicted octanol–water partition coefficient (Wildman–Crippen LogP) is 4.12. The molecule has 1 aliphatic heterocycles. The van der Waals surface area contributed by atoms with Gasteiger partial charge in [-0.05, 0) is 36.8 Å². The number of anilines is 1. The van der Waals surface area contributed by atoms with E-state index in [1.807, 2.05) is 0 Å². The molecule has 0 saturated heterocycles. The summed E-state index contributed by atoms with van der Waals surface area (Å²) >= 11 is 11.7. The number of halogens is 2. The molecule has 150 valence electrons. The molecule has 0 spiro atoms. The van der Waals surface area contributed by atoms with Crippen LogP contribution in [0.25, 0.3) is 6.08 Å². The normalized spacial score (nSPS) is 12.1. The van der Waals surface area contributed by atoms with Crippen molar-refractivity contribution in [3.8, 4) is 11.5 Å². The van der Waals surface area contributed by atoms with E-state index in [2.05, 4.69) is 5.32 Å². The Morgan fingerprint density at radius 2 is 1.83 bits per heavy atom. The van der Waals surface area contributed by atoms with Crippen LogP contribution in [0.4, 0.5) is 5.69 Å². The quantitative estimate of drug-likeness (QED) is 0.416. The highest BCUT2D eigenvalue weighted by atomic mass is 35.5. The monoisotopic (exact) mass is 435 g/mol. The van der Waals surface area contributed by atoms with Gasteiger partial charge in [-0.1, -0.05) is 29.3 Å². The Bertz CT molecular complexity index is 1020. The second-order valence-corrected chi connectivity index (χ2v) is 6.78. The van der Waals surface area contributed by atoms with Gasteiger partial charge < -0.3 is 19.5 Å². The number of benzene rings is 2. The average Bonchev–Trinajstić information content (AvgIpc) is 3.14. The van der Waals surface area contributed by atoms with E-state index in [0.717, 1.165) is 6.08 Å². The number of rotatable bonds is 6. The number of hydrogen-bond donors (Lipinski definition) is 1. The molecule has 0 aliphatic carbocycles. The second-order valence-electron chi connectivity index (χ2n) is 5.97. The molecule has 1 aliphatic rings. The number of ether oxygens (including phenoxy) is 3. The Labute approximate surface area is 176 Å². The zero-order valence-electron chi connectivity index (χ0n) is 15.2. The number of carbonyl (C=O) groups is 3. The summed E-state index contributed by atoms with van der Waals surface area (Å²) in [6.07, 6.45) is 2.64. The van der Waals surface area contributed by atoms with Crippen molar-refractivity contribution in [3.63, 3.8) is 0 Å².